The first-order valence-electron chi connectivity index (χ1n) is 10.3. The van der Waals surface area contributed by atoms with Crippen molar-refractivity contribution < 1.29 is 9.53 Å². The van der Waals surface area contributed by atoms with Gasteiger partial charge in [0.1, 0.15) is 5.75 Å². The third-order valence-electron chi connectivity index (χ3n) is 5.38. The largest absolute Gasteiger partial charge is 0.484 e. The molecule has 3 aromatic rings. The lowest BCUT2D eigenvalue weighted by atomic mass is 10.1. The van der Waals surface area contributed by atoms with E-state index >= 15 is 0 Å². The van der Waals surface area contributed by atoms with Gasteiger partial charge in [-0.2, -0.15) is 0 Å². The Morgan fingerprint density at radius 1 is 0.800 bits per heavy atom. The van der Waals surface area contributed by atoms with Crippen LogP contribution in [0.15, 0.2) is 84.9 Å². The standard InChI is InChI=1S/C25H27N3O2/c26-24(29)19-30-23-13-11-22(12-14-23)25-27(17-20-7-3-1-4-8-20)15-16-28(25)18-21-9-5-2-6-10-21/h1-14,25H,15-19H2,(H2,26,29). The maximum atomic E-state index is 11.0. The van der Waals surface area contributed by atoms with E-state index in [0.29, 0.717) is 5.75 Å². The molecule has 0 bridgehead atoms. The molecule has 1 amide bonds. The fourth-order valence-corrected chi connectivity index (χ4v) is 4.01. The molecule has 0 aliphatic carbocycles. The van der Waals surface area contributed by atoms with E-state index in [0.717, 1.165) is 26.2 Å². The van der Waals surface area contributed by atoms with Crippen LogP contribution in [0.5, 0.6) is 5.75 Å². The van der Waals surface area contributed by atoms with Crippen LogP contribution in [0.4, 0.5) is 0 Å². The van der Waals surface area contributed by atoms with Gasteiger partial charge in [0.25, 0.3) is 5.91 Å². The fourth-order valence-electron chi connectivity index (χ4n) is 4.01. The summed E-state index contributed by atoms with van der Waals surface area (Å²) < 4.78 is 5.43. The van der Waals surface area contributed by atoms with E-state index in [4.69, 9.17) is 10.5 Å². The summed E-state index contributed by atoms with van der Waals surface area (Å²) in [6, 6.07) is 29.2. The Labute approximate surface area is 177 Å². The van der Waals surface area contributed by atoms with Crippen molar-refractivity contribution >= 4 is 5.91 Å². The van der Waals surface area contributed by atoms with E-state index in [-0.39, 0.29) is 12.8 Å². The molecule has 0 unspecified atom stereocenters. The maximum absolute atomic E-state index is 11.0. The lowest BCUT2D eigenvalue weighted by Crippen LogP contribution is -2.30. The number of ether oxygens (including phenoxy) is 1. The summed E-state index contributed by atoms with van der Waals surface area (Å²) in [5.41, 5.74) is 9.01. The van der Waals surface area contributed by atoms with Crippen molar-refractivity contribution in [2.45, 2.75) is 19.3 Å². The minimum atomic E-state index is -0.474. The quantitative estimate of drug-likeness (QED) is 0.627. The number of amides is 1. The van der Waals surface area contributed by atoms with Gasteiger partial charge >= 0.3 is 0 Å². The second-order valence-corrected chi connectivity index (χ2v) is 7.61. The monoisotopic (exact) mass is 401 g/mol. The van der Waals surface area contributed by atoms with Crippen molar-refractivity contribution in [3.05, 3.63) is 102 Å². The van der Waals surface area contributed by atoms with Gasteiger partial charge in [-0.1, -0.05) is 72.8 Å². The third-order valence-corrected chi connectivity index (χ3v) is 5.38. The van der Waals surface area contributed by atoms with E-state index < -0.39 is 5.91 Å². The highest BCUT2D eigenvalue weighted by Crippen LogP contribution is 2.33. The molecule has 154 valence electrons. The number of hydrogen-bond donors (Lipinski definition) is 1. The molecule has 4 rings (SSSR count). The maximum Gasteiger partial charge on any atom is 0.255 e. The number of hydrogen-bond acceptors (Lipinski definition) is 4. The molecule has 0 radical (unpaired) electrons. The van der Waals surface area contributed by atoms with Gasteiger partial charge in [-0.05, 0) is 28.8 Å². The van der Waals surface area contributed by atoms with E-state index in [2.05, 4.69) is 82.6 Å². The molecule has 1 saturated heterocycles. The smallest absolute Gasteiger partial charge is 0.255 e. The van der Waals surface area contributed by atoms with Crippen LogP contribution in [-0.4, -0.2) is 35.4 Å². The number of benzene rings is 3. The Morgan fingerprint density at radius 2 is 1.30 bits per heavy atom. The highest BCUT2D eigenvalue weighted by atomic mass is 16.5. The molecule has 1 aliphatic rings. The van der Waals surface area contributed by atoms with Crippen LogP contribution in [-0.2, 0) is 17.9 Å². The lowest BCUT2D eigenvalue weighted by molar-refractivity contribution is -0.119. The molecule has 1 heterocycles. The van der Waals surface area contributed by atoms with Crippen molar-refractivity contribution in [3.8, 4) is 5.75 Å². The molecule has 0 atom stereocenters. The zero-order valence-corrected chi connectivity index (χ0v) is 17.0. The molecule has 2 N–H and O–H groups in total. The van der Waals surface area contributed by atoms with Gasteiger partial charge < -0.3 is 10.5 Å². The molecule has 0 aromatic heterocycles. The van der Waals surface area contributed by atoms with Crippen LogP contribution >= 0.6 is 0 Å². The van der Waals surface area contributed by atoms with Crippen LogP contribution in [0.1, 0.15) is 22.9 Å². The SMILES string of the molecule is NC(=O)COc1ccc(C2N(Cc3ccccc3)CCN2Cc2ccccc2)cc1. The van der Waals surface area contributed by atoms with Gasteiger partial charge in [-0.15, -0.1) is 0 Å². The summed E-state index contributed by atoms with van der Waals surface area (Å²) in [6.45, 7) is 3.70. The second kappa shape index (κ2) is 9.57. The molecular formula is C25H27N3O2. The predicted molar refractivity (Wildman–Crippen MR) is 118 cm³/mol. The van der Waals surface area contributed by atoms with Crippen LogP contribution in [0.3, 0.4) is 0 Å². The summed E-state index contributed by atoms with van der Waals surface area (Å²) in [4.78, 5) is 16.0. The highest BCUT2D eigenvalue weighted by Gasteiger charge is 2.33. The van der Waals surface area contributed by atoms with Crippen molar-refractivity contribution in [2.24, 2.45) is 5.73 Å². The zero-order chi connectivity index (χ0) is 20.8. The number of primary amides is 1. The van der Waals surface area contributed by atoms with Gasteiger partial charge in [0.2, 0.25) is 0 Å². The van der Waals surface area contributed by atoms with E-state index in [9.17, 15) is 4.79 Å². The minimum absolute atomic E-state index is 0.108. The molecule has 1 fully saturated rings. The minimum Gasteiger partial charge on any atom is -0.484 e. The first-order chi connectivity index (χ1) is 14.7. The number of carbonyl (C=O) groups excluding carboxylic acids is 1. The number of nitrogens with zero attached hydrogens (tertiary/aromatic N) is 2. The number of rotatable bonds is 8. The Kier molecular flexibility index (Phi) is 6.42. The third kappa shape index (κ3) is 5.06. The molecular weight excluding hydrogens is 374 g/mol. The normalized spacial score (nSPS) is 15.3. The number of nitrogens with two attached hydrogens (primary N) is 1. The van der Waals surface area contributed by atoms with Crippen molar-refractivity contribution in [1.29, 1.82) is 0 Å². The van der Waals surface area contributed by atoms with Gasteiger partial charge in [0, 0.05) is 26.2 Å². The van der Waals surface area contributed by atoms with E-state index in [1.807, 2.05) is 12.1 Å². The van der Waals surface area contributed by atoms with Crippen molar-refractivity contribution in [2.75, 3.05) is 19.7 Å². The van der Waals surface area contributed by atoms with Crippen LogP contribution in [0.25, 0.3) is 0 Å². The molecule has 0 spiro atoms. The van der Waals surface area contributed by atoms with E-state index in [1.165, 1.54) is 16.7 Å². The molecule has 5 heteroatoms. The Balaban J connectivity index is 1.56. The predicted octanol–water partition coefficient (Wildman–Crippen LogP) is 3.57. The topological polar surface area (TPSA) is 58.8 Å². The first kappa shape index (κ1) is 20.1. The molecule has 3 aromatic carbocycles. The highest BCUT2D eigenvalue weighted by molar-refractivity contribution is 5.75. The fraction of sp³-hybridized carbons (Fsp3) is 0.240. The second-order valence-electron chi connectivity index (χ2n) is 7.61. The Bertz CT molecular complexity index is 896. The molecule has 30 heavy (non-hydrogen) atoms. The van der Waals surface area contributed by atoms with Crippen LogP contribution in [0.2, 0.25) is 0 Å². The first-order valence-corrected chi connectivity index (χ1v) is 10.3. The summed E-state index contributed by atoms with van der Waals surface area (Å²) >= 11 is 0. The summed E-state index contributed by atoms with van der Waals surface area (Å²) in [5, 5.41) is 0. The van der Waals surface area contributed by atoms with Gasteiger partial charge in [-0.3, -0.25) is 14.6 Å². The molecule has 1 aliphatic heterocycles. The van der Waals surface area contributed by atoms with E-state index in [1.54, 1.807) is 0 Å². The zero-order valence-electron chi connectivity index (χ0n) is 17.0. The summed E-state index contributed by atoms with van der Waals surface area (Å²) in [5.74, 6) is 0.178. The average Bonchev–Trinajstić information content (AvgIpc) is 3.16. The summed E-state index contributed by atoms with van der Waals surface area (Å²) in [7, 11) is 0. The molecule has 5 nitrogen and oxygen atoms in total. The Morgan fingerprint density at radius 3 is 1.77 bits per heavy atom. The average molecular weight is 402 g/mol. The Hall–Kier alpha value is -3.15. The van der Waals surface area contributed by atoms with Gasteiger partial charge in [0.15, 0.2) is 6.61 Å². The lowest BCUT2D eigenvalue weighted by Gasteiger charge is -2.31. The van der Waals surface area contributed by atoms with Gasteiger partial charge in [-0.25, -0.2) is 0 Å². The van der Waals surface area contributed by atoms with Gasteiger partial charge in [0.05, 0.1) is 6.17 Å². The van der Waals surface area contributed by atoms with Crippen molar-refractivity contribution in [3.63, 3.8) is 0 Å². The molecule has 0 saturated carbocycles. The van der Waals surface area contributed by atoms with Crippen LogP contribution < -0.4 is 10.5 Å². The van der Waals surface area contributed by atoms with Crippen LogP contribution in [0, 0.1) is 0 Å². The van der Waals surface area contributed by atoms with Crippen molar-refractivity contribution in [1.82, 2.24) is 9.80 Å². The number of carbonyl (C=O) groups is 1. The summed E-state index contributed by atoms with van der Waals surface area (Å²) in [6.07, 6.45) is 0.176.